The molecular formula is C7H10O5. The fraction of sp³-hybridized carbons (Fsp3) is 0.429. The summed E-state index contributed by atoms with van der Waals surface area (Å²) >= 11 is 0. The lowest BCUT2D eigenvalue weighted by Crippen LogP contribution is -2.07. The van der Waals surface area contributed by atoms with Gasteiger partial charge in [-0.05, 0) is 6.08 Å². The minimum atomic E-state index is -1.04. The molecular weight excluding hydrogens is 164 g/mol. The van der Waals surface area contributed by atoms with Gasteiger partial charge in [-0.2, -0.15) is 0 Å². The van der Waals surface area contributed by atoms with Crippen molar-refractivity contribution >= 4 is 11.9 Å². The first-order chi connectivity index (χ1) is 5.66. The fourth-order valence-corrected chi connectivity index (χ4v) is 0.465. The van der Waals surface area contributed by atoms with Gasteiger partial charge in [-0.1, -0.05) is 0 Å². The molecule has 0 bridgehead atoms. The van der Waals surface area contributed by atoms with Gasteiger partial charge in [0.25, 0.3) is 0 Å². The number of esters is 1. The molecule has 0 rings (SSSR count). The number of hydrogen-bond donors (Lipinski definition) is 2. The molecule has 0 amide bonds. The first-order valence-corrected chi connectivity index (χ1v) is 3.33. The normalized spacial score (nSPS) is 10.0. The number of rotatable bonds is 5. The van der Waals surface area contributed by atoms with Gasteiger partial charge in [0, 0.05) is 0 Å². The Morgan fingerprint density at radius 1 is 1.33 bits per heavy atom. The van der Waals surface area contributed by atoms with E-state index < -0.39 is 11.9 Å². The minimum absolute atomic E-state index is 0.0328. The van der Waals surface area contributed by atoms with E-state index in [0.29, 0.717) is 0 Å². The Hall–Kier alpha value is -1.52. The van der Waals surface area contributed by atoms with Gasteiger partial charge in [0.05, 0.1) is 19.1 Å². The van der Waals surface area contributed by atoms with Gasteiger partial charge < -0.3 is 14.9 Å². The lowest BCUT2D eigenvalue weighted by atomic mass is 10.3. The molecule has 0 unspecified atom stereocenters. The molecule has 0 spiro atoms. The van der Waals surface area contributed by atoms with Crippen molar-refractivity contribution in [3.05, 3.63) is 12.3 Å². The van der Waals surface area contributed by atoms with E-state index in [4.69, 9.17) is 10.2 Å². The highest BCUT2D eigenvalue weighted by Gasteiger charge is 2.04. The number of hydrogen-bond acceptors (Lipinski definition) is 4. The summed E-state index contributed by atoms with van der Waals surface area (Å²) in [6.45, 7) is -0.0328. The highest BCUT2D eigenvalue weighted by atomic mass is 16.5. The van der Waals surface area contributed by atoms with E-state index in [1.165, 1.54) is 6.08 Å². The van der Waals surface area contributed by atoms with Gasteiger partial charge in [0.15, 0.2) is 0 Å². The third-order valence-electron chi connectivity index (χ3n) is 0.989. The first-order valence-electron chi connectivity index (χ1n) is 3.33. The number of carbonyl (C=O) groups is 2. The highest BCUT2D eigenvalue weighted by molar-refractivity contribution is 5.76. The fourth-order valence-electron chi connectivity index (χ4n) is 0.465. The van der Waals surface area contributed by atoms with Crippen LogP contribution in [0.25, 0.3) is 0 Å². The van der Waals surface area contributed by atoms with Crippen molar-refractivity contribution < 1.29 is 24.5 Å². The molecule has 5 nitrogen and oxygen atoms in total. The number of carbonyl (C=O) groups excluding carboxylic acids is 1. The van der Waals surface area contributed by atoms with E-state index >= 15 is 0 Å². The van der Waals surface area contributed by atoms with Gasteiger partial charge in [0.2, 0.25) is 0 Å². The molecule has 0 aliphatic heterocycles. The Bertz CT molecular complexity index is 184. The Kier molecular flexibility index (Phi) is 5.42. The van der Waals surface area contributed by atoms with Crippen LogP contribution in [0.1, 0.15) is 12.8 Å². The average molecular weight is 174 g/mol. The summed E-state index contributed by atoms with van der Waals surface area (Å²) in [6.07, 6.45) is 1.61. The van der Waals surface area contributed by atoms with Crippen LogP contribution in [-0.4, -0.2) is 28.8 Å². The number of carboxylic acids is 1. The van der Waals surface area contributed by atoms with Crippen LogP contribution in [-0.2, 0) is 14.3 Å². The van der Waals surface area contributed by atoms with Crippen molar-refractivity contribution in [2.24, 2.45) is 0 Å². The van der Waals surface area contributed by atoms with E-state index in [1.807, 2.05) is 0 Å². The van der Waals surface area contributed by atoms with Crippen LogP contribution in [0.2, 0.25) is 0 Å². The van der Waals surface area contributed by atoms with Crippen molar-refractivity contribution in [2.45, 2.75) is 12.8 Å². The zero-order valence-electron chi connectivity index (χ0n) is 6.40. The van der Waals surface area contributed by atoms with Crippen LogP contribution in [0.15, 0.2) is 12.3 Å². The lowest BCUT2D eigenvalue weighted by molar-refractivity contribution is -0.146. The second kappa shape index (κ2) is 6.21. The predicted octanol–water partition coefficient (Wildman–Crippen LogP) is 0.466. The van der Waals surface area contributed by atoms with Gasteiger partial charge in [-0.25, -0.2) is 0 Å². The van der Waals surface area contributed by atoms with E-state index in [2.05, 4.69) is 4.74 Å². The summed E-state index contributed by atoms with van der Waals surface area (Å²) in [5.74, 6) is -1.62. The van der Waals surface area contributed by atoms with Crippen LogP contribution < -0.4 is 0 Å². The zero-order chi connectivity index (χ0) is 9.40. The lowest BCUT2D eigenvalue weighted by Gasteiger charge is -1.98. The third kappa shape index (κ3) is 6.60. The summed E-state index contributed by atoms with van der Waals surface area (Å²) in [5, 5.41) is 16.3. The maximum Gasteiger partial charge on any atom is 0.306 e. The minimum Gasteiger partial charge on any atom is -0.516 e. The third-order valence-corrected chi connectivity index (χ3v) is 0.989. The molecule has 0 aliphatic carbocycles. The van der Waals surface area contributed by atoms with Gasteiger partial charge in [0.1, 0.15) is 6.61 Å². The Labute approximate surface area is 69.3 Å². The largest absolute Gasteiger partial charge is 0.516 e. The molecule has 0 atom stereocenters. The molecule has 0 heterocycles. The summed E-state index contributed by atoms with van der Waals surface area (Å²) in [5.41, 5.74) is 0. The molecule has 5 heteroatoms. The maximum atomic E-state index is 10.6. The molecule has 68 valence electrons. The molecule has 2 N–H and O–H groups in total. The first kappa shape index (κ1) is 10.5. The molecule has 0 aliphatic rings. The Balaban J connectivity index is 3.40. The quantitative estimate of drug-likeness (QED) is 0.467. The average Bonchev–Trinajstić information content (AvgIpc) is 2.01. The van der Waals surface area contributed by atoms with Crippen molar-refractivity contribution in [3.8, 4) is 0 Å². The zero-order valence-corrected chi connectivity index (χ0v) is 6.40. The second-order valence-corrected chi connectivity index (χ2v) is 1.96. The molecule has 0 aromatic rings. The summed E-state index contributed by atoms with van der Waals surface area (Å²) in [6, 6.07) is 0. The maximum absolute atomic E-state index is 10.6. The predicted molar refractivity (Wildman–Crippen MR) is 39.6 cm³/mol. The Morgan fingerprint density at radius 2 is 2.00 bits per heavy atom. The number of ether oxygens (including phenoxy) is 1. The molecule has 0 radical (unpaired) electrons. The van der Waals surface area contributed by atoms with Crippen LogP contribution in [0.4, 0.5) is 0 Å². The van der Waals surface area contributed by atoms with E-state index in [0.717, 1.165) is 6.26 Å². The second-order valence-electron chi connectivity index (χ2n) is 1.96. The summed E-state index contributed by atoms with van der Waals surface area (Å²) < 4.78 is 4.48. The molecule has 0 saturated carbocycles. The molecule has 0 aromatic carbocycles. The number of aliphatic hydroxyl groups excluding tert-OH is 1. The number of carboxylic acid groups (broad SMARTS) is 1. The van der Waals surface area contributed by atoms with E-state index in [1.54, 1.807) is 0 Å². The molecule has 0 saturated heterocycles. The molecule has 0 aromatic heterocycles. The molecule has 12 heavy (non-hydrogen) atoms. The van der Waals surface area contributed by atoms with Gasteiger partial charge in [-0.15, -0.1) is 0 Å². The monoisotopic (exact) mass is 174 g/mol. The van der Waals surface area contributed by atoms with E-state index in [9.17, 15) is 9.59 Å². The van der Waals surface area contributed by atoms with Crippen molar-refractivity contribution in [1.82, 2.24) is 0 Å². The summed E-state index contributed by atoms with van der Waals surface area (Å²) in [7, 11) is 0. The van der Waals surface area contributed by atoms with Crippen molar-refractivity contribution in [1.29, 1.82) is 0 Å². The van der Waals surface area contributed by atoms with Crippen LogP contribution in [0.3, 0.4) is 0 Å². The smallest absolute Gasteiger partial charge is 0.306 e. The van der Waals surface area contributed by atoms with Crippen LogP contribution >= 0.6 is 0 Å². The SMILES string of the molecule is O=C(O)CCC(=O)OCC=CO. The Morgan fingerprint density at radius 3 is 2.50 bits per heavy atom. The van der Waals surface area contributed by atoms with Crippen LogP contribution in [0.5, 0.6) is 0 Å². The van der Waals surface area contributed by atoms with Crippen molar-refractivity contribution in [3.63, 3.8) is 0 Å². The molecule has 0 fully saturated rings. The van der Waals surface area contributed by atoms with Gasteiger partial charge in [-0.3, -0.25) is 9.59 Å². The van der Waals surface area contributed by atoms with Crippen LogP contribution in [0, 0.1) is 0 Å². The highest BCUT2D eigenvalue weighted by Crippen LogP contribution is 1.92. The van der Waals surface area contributed by atoms with Crippen molar-refractivity contribution in [2.75, 3.05) is 6.61 Å². The van der Waals surface area contributed by atoms with E-state index in [-0.39, 0.29) is 19.4 Å². The number of aliphatic carboxylic acids is 1. The van der Waals surface area contributed by atoms with Gasteiger partial charge >= 0.3 is 11.9 Å². The standard InChI is InChI=1S/C7H10O5/c8-4-1-5-12-7(11)3-2-6(9)10/h1,4,8H,2-3,5H2,(H,9,10). The summed E-state index contributed by atoms with van der Waals surface area (Å²) in [4.78, 5) is 20.6. The topological polar surface area (TPSA) is 83.8 Å². The number of aliphatic hydroxyl groups is 1.